The van der Waals surface area contributed by atoms with Crippen molar-refractivity contribution >= 4 is 17.7 Å². The summed E-state index contributed by atoms with van der Waals surface area (Å²) in [7, 11) is 0. The van der Waals surface area contributed by atoms with Crippen LogP contribution in [0.15, 0.2) is 35.5 Å². The molecule has 140 valence electrons. The van der Waals surface area contributed by atoms with E-state index in [9.17, 15) is 4.79 Å². The Bertz CT molecular complexity index is 716. The van der Waals surface area contributed by atoms with E-state index in [0.717, 1.165) is 43.3 Å². The first-order valence-corrected chi connectivity index (χ1v) is 10.2. The Morgan fingerprint density at radius 2 is 2.23 bits per heavy atom. The van der Waals surface area contributed by atoms with Gasteiger partial charge >= 0.3 is 0 Å². The quantitative estimate of drug-likeness (QED) is 0.756. The van der Waals surface area contributed by atoms with Crippen molar-refractivity contribution in [1.82, 2.24) is 25.0 Å². The van der Waals surface area contributed by atoms with Crippen LogP contribution in [0.3, 0.4) is 0 Å². The molecule has 7 heteroatoms. The number of hydrogen-bond acceptors (Lipinski definition) is 5. The molecule has 0 atom stereocenters. The molecule has 0 saturated carbocycles. The molecule has 0 aliphatic carbocycles. The molecule has 1 aliphatic rings. The van der Waals surface area contributed by atoms with E-state index in [-0.39, 0.29) is 5.91 Å². The maximum absolute atomic E-state index is 12.1. The van der Waals surface area contributed by atoms with Crippen LogP contribution >= 0.6 is 11.8 Å². The van der Waals surface area contributed by atoms with E-state index in [1.54, 1.807) is 6.20 Å². The number of aromatic nitrogens is 3. The fraction of sp³-hybridized carbons (Fsp3) is 0.526. The molecule has 1 aliphatic heterocycles. The second-order valence-electron chi connectivity index (χ2n) is 7.07. The van der Waals surface area contributed by atoms with Crippen molar-refractivity contribution in [2.24, 2.45) is 5.92 Å². The highest BCUT2D eigenvalue weighted by Crippen LogP contribution is 2.16. The van der Waals surface area contributed by atoms with E-state index in [0.29, 0.717) is 18.2 Å². The SMILES string of the molecule is CC(C)CN1CCCn2nc(CNC(=O)CSc3ccccn3)cc2C1. The molecular weight excluding hydrogens is 346 g/mol. The molecule has 0 unspecified atom stereocenters. The Balaban J connectivity index is 1.49. The van der Waals surface area contributed by atoms with Gasteiger partial charge in [-0.25, -0.2) is 4.98 Å². The molecule has 2 aromatic rings. The maximum atomic E-state index is 12.1. The first-order chi connectivity index (χ1) is 12.6. The van der Waals surface area contributed by atoms with Crippen LogP contribution in [0.5, 0.6) is 0 Å². The summed E-state index contributed by atoms with van der Waals surface area (Å²) in [4.78, 5) is 18.8. The Kier molecular flexibility index (Phi) is 6.68. The molecule has 3 rings (SSSR count). The third-order valence-corrected chi connectivity index (χ3v) is 5.17. The Morgan fingerprint density at radius 3 is 3.00 bits per heavy atom. The van der Waals surface area contributed by atoms with Crippen LogP contribution < -0.4 is 5.32 Å². The van der Waals surface area contributed by atoms with Gasteiger partial charge < -0.3 is 5.32 Å². The highest BCUT2D eigenvalue weighted by atomic mass is 32.2. The number of thioether (sulfide) groups is 1. The average Bonchev–Trinajstić information content (AvgIpc) is 2.91. The van der Waals surface area contributed by atoms with Crippen LogP contribution in [0.25, 0.3) is 0 Å². The van der Waals surface area contributed by atoms with Gasteiger partial charge in [0.2, 0.25) is 5.91 Å². The summed E-state index contributed by atoms with van der Waals surface area (Å²) >= 11 is 1.44. The van der Waals surface area contributed by atoms with Gasteiger partial charge in [0.05, 0.1) is 28.7 Å². The molecule has 26 heavy (non-hydrogen) atoms. The van der Waals surface area contributed by atoms with Gasteiger partial charge in [-0.05, 0) is 30.5 Å². The minimum Gasteiger partial charge on any atom is -0.350 e. The normalized spacial score (nSPS) is 14.9. The molecule has 6 nitrogen and oxygen atoms in total. The number of carbonyl (C=O) groups excluding carboxylic acids is 1. The zero-order chi connectivity index (χ0) is 18.4. The van der Waals surface area contributed by atoms with Crippen molar-refractivity contribution < 1.29 is 4.79 Å². The molecule has 1 amide bonds. The second kappa shape index (κ2) is 9.19. The summed E-state index contributed by atoms with van der Waals surface area (Å²) in [5.41, 5.74) is 2.18. The van der Waals surface area contributed by atoms with Gasteiger partial charge in [-0.2, -0.15) is 5.10 Å². The second-order valence-corrected chi connectivity index (χ2v) is 8.06. The number of carbonyl (C=O) groups is 1. The van der Waals surface area contributed by atoms with Crippen LogP contribution in [0.4, 0.5) is 0 Å². The maximum Gasteiger partial charge on any atom is 0.230 e. The molecule has 0 bridgehead atoms. The molecular formula is C19H27N5OS. The highest BCUT2D eigenvalue weighted by Gasteiger charge is 2.17. The molecule has 1 N–H and O–H groups in total. The number of nitrogens with one attached hydrogen (secondary N) is 1. The zero-order valence-corrected chi connectivity index (χ0v) is 16.3. The van der Waals surface area contributed by atoms with Gasteiger partial charge in [0.25, 0.3) is 0 Å². The summed E-state index contributed by atoms with van der Waals surface area (Å²) in [6.07, 6.45) is 2.86. The van der Waals surface area contributed by atoms with Crippen molar-refractivity contribution in [3.8, 4) is 0 Å². The summed E-state index contributed by atoms with van der Waals surface area (Å²) < 4.78 is 2.10. The number of amides is 1. The first-order valence-electron chi connectivity index (χ1n) is 9.18. The molecule has 0 radical (unpaired) electrons. The van der Waals surface area contributed by atoms with Crippen molar-refractivity contribution in [2.45, 2.75) is 44.9 Å². The summed E-state index contributed by atoms with van der Waals surface area (Å²) in [6, 6.07) is 7.83. The molecule has 3 heterocycles. The van der Waals surface area contributed by atoms with Crippen LogP contribution in [0.1, 0.15) is 31.7 Å². The van der Waals surface area contributed by atoms with Crippen LogP contribution in [-0.2, 0) is 24.4 Å². The van der Waals surface area contributed by atoms with E-state index < -0.39 is 0 Å². The molecule has 0 fully saturated rings. The Morgan fingerprint density at radius 1 is 1.35 bits per heavy atom. The summed E-state index contributed by atoms with van der Waals surface area (Å²) in [5, 5.41) is 8.49. The lowest BCUT2D eigenvalue weighted by atomic mass is 10.2. The van der Waals surface area contributed by atoms with Gasteiger partial charge in [-0.15, -0.1) is 0 Å². The molecule has 0 saturated heterocycles. The minimum absolute atomic E-state index is 0.00489. The van der Waals surface area contributed by atoms with Crippen molar-refractivity contribution in [3.63, 3.8) is 0 Å². The fourth-order valence-corrected chi connectivity index (χ4v) is 3.85. The third-order valence-electron chi connectivity index (χ3n) is 4.22. The van der Waals surface area contributed by atoms with E-state index in [1.165, 1.54) is 17.5 Å². The molecule has 0 aromatic carbocycles. The smallest absolute Gasteiger partial charge is 0.230 e. The first kappa shape index (κ1) is 18.9. The number of hydrogen-bond donors (Lipinski definition) is 1. The van der Waals surface area contributed by atoms with Gasteiger partial charge in [0.1, 0.15) is 0 Å². The van der Waals surface area contributed by atoms with E-state index in [2.05, 4.69) is 44.9 Å². The van der Waals surface area contributed by atoms with Gasteiger partial charge in [-0.1, -0.05) is 31.7 Å². The van der Waals surface area contributed by atoms with Crippen LogP contribution in [0, 0.1) is 5.92 Å². The Labute approximate surface area is 159 Å². The van der Waals surface area contributed by atoms with Crippen LogP contribution in [0.2, 0.25) is 0 Å². The van der Waals surface area contributed by atoms with Gasteiger partial charge in [-0.3, -0.25) is 14.4 Å². The summed E-state index contributed by atoms with van der Waals surface area (Å²) in [5.74, 6) is 1.04. The van der Waals surface area contributed by atoms with E-state index >= 15 is 0 Å². The van der Waals surface area contributed by atoms with Crippen molar-refractivity contribution in [2.75, 3.05) is 18.8 Å². The number of aryl methyl sites for hydroxylation is 1. The number of pyridine rings is 1. The van der Waals surface area contributed by atoms with Crippen molar-refractivity contribution in [1.29, 1.82) is 0 Å². The number of rotatable bonds is 7. The third kappa shape index (κ3) is 5.57. The minimum atomic E-state index is 0.00489. The van der Waals surface area contributed by atoms with Crippen molar-refractivity contribution in [3.05, 3.63) is 41.9 Å². The molecule has 0 spiro atoms. The lowest BCUT2D eigenvalue weighted by Gasteiger charge is -2.21. The van der Waals surface area contributed by atoms with Crippen LogP contribution in [-0.4, -0.2) is 44.4 Å². The number of fused-ring (bicyclic) bond motifs is 1. The lowest BCUT2D eigenvalue weighted by molar-refractivity contribution is -0.118. The zero-order valence-electron chi connectivity index (χ0n) is 15.5. The topological polar surface area (TPSA) is 63.1 Å². The molecule has 2 aromatic heterocycles. The number of nitrogens with zero attached hydrogens (tertiary/aromatic N) is 4. The van der Waals surface area contributed by atoms with E-state index in [1.807, 2.05) is 18.2 Å². The lowest BCUT2D eigenvalue weighted by Crippen LogP contribution is -2.27. The van der Waals surface area contributed by atoms with E-state index in [4.69, 9.17) is 0 Å². The predicted molar refractivity (Wildman–Crippen MR) is 104 cm³/mol. The average molecular weight is 374 g/mol. The Hall–Kier alpha value is -1.86. The summed E-state index contributed by atoms with van der Waals surface area (Å²) in [6.45, 7) is 9.12. The largest absolute Gasteiger partial charge is 0.350 e. The fourth-order valence-electron chi connectivity index (χ4n) is 3.16. The monoisotopic (exact) mass is 373 g/mol. The van der Waals surface area contributed by atoms with Gasteiger partial charge in [0.15, 0.2) is 0 Å². The highest BCUT2D eigenvalue weighted by molar-refractivity contribution is 7.99. The predicted octanol–water partition coefficient (Wildman–Crippen LogP) is 2.55. The van der Waals surface area contributed by atoms with Gasteiger partial charge in [0, 0.05) is 32.4 Å². The standard InChI is InChI=1S/C19H27N5OS/c1-15(2)12-23-8-5-9-24-17(13-23)10-16(22-24)11-21-18(25)14-26-19-6-3-4-7-20-19/h3-4,6-7,10,15H,5,8-9,11-14H2,1-2H3,(H,21,25).